The summed E-state index contributed by atoms with van der Waals surface area (Å²) >= 11 is 3.37. The third-order valence-corrected chi connectivity index (χ3v) is 1.81. The molecule has 1 radical (unpaired) electrons. The Kier molecular flexibility index (Phi) is 2.78. The lowest BCUT2D eigenvalue weighted by molar-refractivity contribution is 0.130. The van der Waals surface area contributed by atoms with Gasteiger partial charge < -0.3 is 4.74 Å². The summed E-state index contributed by atoms with van der Waals surface area (Å²) in [7, 11) is 0. The zero-order valence-electron chi connectivity index (χ0n) is 7.52. The smallest absolute Gasteiger partial charge is 0.134 e. The van der Waals surface area contributed by atoms with Crippen molar-refractivity contribution in [3.05, 3.63) is 28.7 Å². The molecule has 1 nitrogen and oxygen atoms in total. The van der Waals surface area contributed by atoms with E-state index in [0.29, 0.717) is 0 Å². The van der Waals surface area contributed by atoms with E-state index in [0.717, 1.165) is 10.2 Å². The molecule has 65 valence electrons. The Hall–Kier alpha value is -0.500. The van der Waals surface area contributed by atoms with Gasteiger partial charge in [-0.25, -0.2) is 0 Å². The molecule has 0 aliphatic heterocycles. The van der Waals surface area contributed by atoms with Crippen molar-refractivity contribution in [2.75, 3.05) is 0 Å². The monoisotopic (exact) mass is 227 g/mol. The molecule has 0 fully saturated rings. The van der Waals surface area contributed by atoms with Crippen LogP contribution in [0.4, 0.5) is 0 Å². The van der Waals surface area contributed by atoms with E-state index < -0.39 is 0 Å². The highest BCUT2D eigenvalue weighted by molar-refractivity contribution is 9.10. The van der Waals surface area contributed by atoms with Crippen molar-refractivity contribution in [1.29, 1.82) is 0 Å². The van der Waals surface area contributed by atoms with Gasteiger partial charge in [0.1, 0.15) is 11.4 Å². The predicted octanol–water partition coefficient (Wildman–Crippen LogP) is 3.43. The van der Waals surface area contributed by atoms with Crippen LogP contribution in [0.2, 0.25) is 0 Å². The number of benzene rings is 1. The fourth-order valence-electron chi connectivity index (χ4n) is 0.810. The summed E-state index contributed by atoms with van der Waals surface area (Å²) in [4.78, 5) is 0. The highest BCUT2D eigenvalue weighted by atomic mass is 79.9. The maximum absolute atomic E-state index is 5.65. The van der Waals surface area contributed by atoms with E-state index in [1.807, 2.05) is 39.0 Å². The van der Waals surface area contributed by atoms with E-state index >= 15 is 0 Å². The Bertz CT molecular complexity index is 263. The first-order valence-electron chi connectivity index (χ1n) is 3.84. The lowest BCUT2D eigenvalue weighted by Crippen LogP contribution is -2.23. The molecule has 0 aromatic heterocycles. The molecule has 0 saturated heterocycles. The second kappa shape index (κ2) is 3.48. The Balaban J connectivity index is 2.83. The maximum atomic E-state index is 5.65. The summed E-state index contributed by atoms with van der Waals surface area (Å²) < 4.78 is 6.53. The van der Waals surface area contributed by atoms with Gasteiger partial charge in [0.05, 0.1) is 4.47 Å². The minimum Gasteiger partial charge on any atom is -0.487 e. The third-order valence-electron chi connectivity index (χ3n) is 1.19. The van der Waals surface area contributed by atoms with Crippen molar-refractivity contribution >= 4 is 15.9 Å². The lowest BCUT2D eigenvalue weighted by atomic mass is 10.2. The molecule has 0 aliphatic rings. The lowest BCUT2D eigenvalue weighted by Gasteiger charge is -2.21. The van der Waals surface area contributed by atoms with E-state index in [2.05, 4.69) is 22.0 Å². The van der Waals surface area contributed by atoms with E-state index in [-0.39, 0.29) is 5.60 Å². The Morgan fingerprint density at radius 2 is 2.08 bits per heavy atom. The van der Waals surface area contributed by atoms with Crippen LogP contribution in [-0.4, -0.2) is 5.60 Å². The van der Waals surface area contributed by atoms with Crippen LogP contribution in [-0.2, 0) is 0 Å². The SMILES string of the molecule is CC(C)(C)Oc1ccc[c]c1Br. The number of hydrogen-bond donors (Lipinski definition) is 0. The van der Waals surface area contributed by atoms with Gasteiger partial charge in [0.2, 0.25) is 0 Å². The molecule has 1 aromatic rings. The van der Waals surface area contributed by atoms with E-state index in [4.69, 9.17) is 4.74 Å². The van der Waals surface area contributed by atoms with Gasteiger partial charge in [-0.15, -0.1) is 0 Å². The van der Waals surface area contributed by atoms with Crippen LogP contribution < -0.4 is 4.74 Å². The van der Waals surface area contributed by atoms with E-state index in [1.165, 1.54) is 0 Å². The summed E-state index contributed by atoms with van der Waals surface area (Å²) in [5.74, 6) is 0.838. The summed E-state index contributed by atoms with van der Waals surface area (Å²) in [5.41, 5.74) is -0.155. The van der Waals surface area contributed by atoms with Crippen LogP contribution in [0, 0.1) is 6.07 Å². The normalized spacial score (nSPS) is 11.3. The largest absolute Gasteiger partial charge is 0.487 e. The first-order chi connectivity index (χ1) is 5.49. The van der Waals surface area contributed by atoms with Crippen LogP contribution in [0.1, 0.15) is 20.8 Å². The zero-order valence-corrected chi connectivity index (χ0v) is 9.10. The van der Waals surface area contributed by atoms with Crippen LogP contribution in [0.15, 0.2) is 22.7 Å². The molecule has 0 heterocycles. The maximum Gasteiger partial charge on any atom is 0.134 e. The standard InChI is InChI=1S/C10H12BrO/c1-10(2,3)12-9-7-5-4-6-8(9)11/h4-5,7H,1-3H3. The summed E-state index contributed by atoms with van der Waals surface area (Å²) in [6, 6.07) is 8.69. The molecule has 0 N–H and O–H groups in total. The van der Waals surface area contributed by atoms with Crippen LogP contribution in [0.25, 0.3) is 0 Å². The molecule has 1 aromatic carbocycles. The van der Waals surface area contributed by atoms with Gasteiger partial charge in [-0.3, -0.25) is 0 Å². The first kappa shape index (κ1) is 9.59. The average Bonchev–Trinajstić information content (AvgIpc) is 1.91. The summed E-state index contributed by atoms with van der Waals surface area (Å²) in [6.07, 6.45) is 0. The van der Waals surface area contributed by atoms with Crippen molar-refractivity contribution in [3.8, 4) is 5.75 Å². The third kappa shape index (κ3) is 2.86. The zero-order chi connectivity index (χ0) is 9.19. The Morgan fingerprint density at radius 1 is 1.42 bits per heavy atom. The van der Waals surface area contributed by atoms with Crippen molar-refractivity contribution in [2.24, 2.45) is 0 Å². The quantitative estimate of drug-likeness (QED) is 0.715. The molecule has 0 saturated carbocycles. The number of halogens is 1. The molecule has 0 amide bonds. The van der Waals surface area contributed by atoms with Gasteiger partial charge in [0.25, 0.3) is 0 Å². The van der Waals surface area contributed by atoms with E-state index in [1.54, 1.807) is 0 Å². The Morgan fingerprint density at radius 3 is 2.58 bits per heavy atom. The van der Waals surface area contributed by atoms with Crippen molar-refractivity contribution in [2.45, 2.75) is 26.4 Å². The second-order valence-electron chi connectivity index (χ2n) is 3.56. The second-order valence-corrected chi connectivity index (χ2v) is 4.36. The number of rotatable bonds is 1. The topological polar surface area (TPSA) is 9.23 Å². The van der Waals surface area contributed by atoms with Gasteiger partial charge in [0.15, 0.2) is 0 Å². The molecule has 2 heteroatoms. The predicted molar refractivity (Wildman–Crippen MR) is 53.4 cm³/mol. The van der Waals surface area contributed by atoms with Crippen LogP contribution >= 0.6 is 15.9 Å². The molecular weight excluding hydrogens is 216 g/mol. The van der Waals surface area contributed by atoms with Gasteiger partial charge >= 0.3 is 0 Å². The molecule has 0 unspecified atom stereocenters. The fraction of sp³-hybridized carbons (Fsp3) is 0.400. The summed E-state index contributed by atoms with van der Waals surface area (Å²) in [5, 5.41) is 0. The molecular formula is C10H12BrO. The van der Waals surface area contributed by atoms with Gasteiger partial charge in [-0.05, 0) is 42.8 Å². The molecule has 1 rings (SSSR count). The van der Waals surface area contributed by atoms with Crippen molar-refractivity contribution < 1.29 is 4.74 Å². The molecule has 0 bridgehead atoms. The molecule has 12 heavy (non-hydrogen) atoms. The highest BCUT2D eigenvalue weighted by Gasteiger charge is 2.12. The number of hydrogen-bond acceptors (Lipinski definition) is 1. The molecule has 0 atom stereocenters. The molecule has 0 aliphatic carbocycles. The minimum absolute atomic E-state index is 0.155. The van der Waals surface area contributed by atoms with Crippen molar-refractivity contribution in [3.63, 3.8) is 0 Å². The fourth-order valence-corrected chi connectivity index (χ4v) is 1.16. The van der Waals surface area contributed by atoms with Crippen LogP contribution in [0.5, 0.6) is 5.75 Å². The average molecular weight is 228 g/mol. The van der Waals surface area contributed by atoms with Crippen LogP contribution in [0.3, 0.4) is 0 Å². The molecule has 0 spiro atoms. The van der Waals surface area contributed by atoms with Gasteiger partial charge in [0, 0.05) is 6.07 Å². The first-order valence-corrected chi connectivity index (χ1v) is 4.63. The van der Waals surface area contributed by atoms with E-state index in [9.17, 15) is 0 Å². The van der Waals surface area contributed by atoms with Gasteiger partial charge in [-0.1, -0.05) is 12.1 Å². The van der Waals surface area contributed by atoms with Gasteiger partial charge in [-0.2, -0.15) is 0 Å². The number of ether oxygens (including phenoxy) is 1. The minimum atomic E-state index is -0.155. The Labute approximate surface area is 81.9 Å². The van der Waals surface area contributed by atoms with Crippen molar-refractivity contribution in [1.82, 2.24) is 0 Å². The highest BCUT2D eigenvalue weighted by Crippen LogP contribution is 2.26. The summed E-state index contributed by atoms with van der Waals surface area (Å²) in [6.45, 7) is 6.06.